The van der Waals surface area contributed by atoms with Crippen LogP contribution >= 0.6 is 0 Å². The first-order valence-corrected chi connectivity index (χ1v) is 18.8. The molecule has 5 heteroatoms. The third-order valence-corrected chi connectivity index (χ3v) is 11.1. The van der Waals surface area contributed by atoms with E-state index in [2.05, 4.69) is 143 Å². The molecule has 0 unspecified atom stereocenters. The monoisotopic (exact) mass is 725 g/mol. The zero-order valence-electron chi connectivity index (χ0n) is 30.9. The Morgan fingerprint density at radius 1 is 0.368 bits per heavy atom. The molecule has 0 aliphatic carbocycles. The number of aromatic nitrogens is 2. The highest BCUT2D eigenvalue weighted by molar-refractivity contribution is 6.13. The summed E-state index contributed by atoms with van der Waals surface area (Å²) in [5.74, 6) is 0. The highest BCUT2D eigenvalue weighted by Gasteiger charge is 2.22. The van der Waals surface area contributed by atoms with Gasteiger partial charge in [0.15, 0.2) is 0 Å². The van der Waals surface area contributed by atoms with Gasteiger partial charge in [0, 0.05) is 32.7 Å². The highest BCUT2D eigenvalue weighted by atomic mass is 15.0. The molecule has 0 radical (unpaired) electrons. The van der Waals surface area contributed by atoms with Crippen molar-refractivity contribution in [3.8, 4) is 63.0 Å². The normalized spacial score (nSPS) is 11.2. The molecule has 0 saturated carbocycles. The molecule has 264 valence electrons. The molecule has 0 aliphatic heterocycles. The number of benzene rings is 8. The Kier molecular flexibility index (Phi) is 7.79. The zero-order valence-corrected chi connectivity index (χ0v) is 30.9. The van der Waals surface area contributed by atoms with Gasteiger partial charge in [-0.1, -0.05) is 97.1 Å². The van der Waals surface area contributed by atoms with Crippen molar-refractivity contribution in [2.75, 3.05) is 0 Å². The van der Waals surface area contributed by atoms with E-state index in [1.807, 2.05) is 60.7 Å². The molecular weight excluding hydrogens is 695 g/mol. The quantitative estimate of drug-likeness (QED) is 0.177. The van der Waals surface area contributed by atoms with Crippen LogP contribution in [0.2, 0.25) is 0 Å². The van der Waals surface area contributed by atoms with Gasteiger partial charge in [0.25, 0.3) is 0 Å². The Bertz CT molecular complexity index is 3410. The van der Waals surface area contributed by atoms with Crippen LogP contribution in [-0.2, 0) is 0 Å². The smallest absolute Gasteiger partial charge is 0.0998 e. The van der Waals surface area contributed by atoms with Crippen LogP contribution in [-0.4, -0.2) is 9.13 Å². The molecule has 0 amide bonds. The number of nitrogens with zero attached hydrogens (tertiary/aromatic N) is 5. The lowest BCUT2D eigenvalue weighted by molar-refractivity contribution is 1.15. The highest BCUT2D eigenvalue weighted by Crippen LogP contribution is 2.43. The summed E-state index contributed by atoms with van der Waals surface area (Å²) in [6.45, 7) is 2.11. The van der Waals surface area contributed by atoms with Crippen LogP contribution in [0, 0.1) is 40.9 Å². The van der Waals surface area contributed by atoms with Crippen LogP contribution < -0.4 is 0 Å². The minimum Gasteiger partial charge on any atom is -0.309 e. The summed E-state index contributed by atoms with van der Waals surface area (Å²) in [6.07, 6.45) is 0. The van der Waals surface area contributed by atoms with Gasteiger partial charge in [-0.3, -0.25) is 0 Å². The maximum atomic E-state index is 10.3. The van der Waals surface area contributed by atoms with Crippen LogP contribution in [0.25, 0.3) is 88.4 Å². The molecule has 0 N–H and O–H groups in total. The maximum Gasteiger partial charge on any atom is 0.0998 e. The van der Waals surface area contributed by atoms with Crippen LogP contribution in [0.1, 0.15) is 22.3 Å². The van der Waals surface area contributed by atoms with E-state index in [0.29, 0.717) is 16.7 Å². The minimum atomic E-state index is 0.569. The largest absolute Gasteiger partial charge is 0.309 e. The molecule has 0 atom stereocenters. The van der Waals surface area contributed by atoms with Crippen LogP contribution in [0.5, 0.6) is 0 Å². The van der Waals surface area contributed by atoms with Crippen molar-refractivity contribution in [1.82, 2.24) is 9.13 Å². The van der Waals surface area contributed by atoms with Crippen molar-refractivity contribution < 1.29 is 0 Å². The second-order valence-electron chi connectivity index (χ2n) is 14.3. The summed E-state index contributed by atoms with van der Waals surface area (Å²) in [7, 11) is 0. The van der Waals surface area contributed by atoms with E-state index in [-0.39, 0.29) is 0 Å². The fourth-order valence-corrected chi connectivity index (χ4v) is 8.54. The van der Waals surface area contributed by atoms with E-state index in [1.54, 1.807) is 0 Å². The number of nitriles is 3. The Labute approximate surface area is 329 Å². The first kappa shape index (κ1) is 33.4. The molecule has 0 aliphatic rings. The van der Waals surface area contributed by atoms with Crippen molar-refractivity contribution in [3.63, 3.8) is 0 Å². The molecule has 10 aromatic rings. The summed E-state index contributed by atoms with van der Waals surface area (Å²) >= 11 is 0. The van der Waals surface area contributed by atoms with E-state index in [9.17, 15) is 15.8 Å². The molecule has 0 fully saturated rings. The van der Waals surface area contributed by atoms with Crippen LogP contribution in [0.3, 0.4) is 0 Å². The van der Waals surface area contributed by atoms with Gasteiger partial charge in [-0.15, -0.1) is 0 Å². The summed E-state index contributed by atoms with van der Waals surface area (Å²) in [6, 6.07) is 64.8. The number of hydrogen-bond acceptors (Lipinski definition) is 3. The number of aryl methyl sites for hydroxylation is 1. The van der Waals surface area contributed by atoms with Crippen molar-refractivity contribution in [3.05, 3.63) is 192 Å². The Hall–Kier alpha value is -8.17. The maximum absolute atomic E-state index is 10.3. The molecule has 0 spiro atoms. The number of para-hydroxylation sites is 2. The third-order valence-electron chi connectivity index (χ3n) is 11.1. The fraction of sp³-hybridized carbons (Fsp3) is 0.0192. The lowest BCUT2D eigenvalue weighted by atomic mass is 9.97. The Balaban J connectivity index is 1.24. The van der Waals surface area contributed by atoms with E-state index in [0.717, 1.165) is 93.9 Å². The summed E-state index contributed by atoms with van der Waals surface area (Å²) < 4.78 is 4.64. The van der Waals surface area contributed by atoms with Gasteiger partial charge in [0.2, 0.25) is 0 Å². The topological polar surface area (TPSA) is 81.2 Å². The second kappa shape index (κ2) is 13.3. The van der Waals surface area contributed by atoms with Crippen molar-refractivity contribution in [1.29, 1.82) is 15.8 Å². The molecule has 57 heavy (non-hydrogen) atoms. The molecule has 2 aromatic heterocycles. The standard InChI is InChI=1S/C52H31N5/c1-33-18-22-43(52(26-33)57-48-17-9-7-15-42(48)46-29-36(21-25-51(46)57)40-13-5-3-11-38(40)32-55)44-27-34(30-53)19-23-49(44)56-47-16-8-6-14-41(47)45-28-35(20-24-50(45)56)39-12-4-2-10-37(39)31-54/h2-29H,1H3. The Morgan fingerprint density at radius 2 is 0.877 bits per heavy atom. The third kappa shape index (κ3) is 5.29. The van der Waals surface area contributed by atoms with Gasteiger partial charge in [-0.25, -0.2) is 0 Å². The number of fused-ring (bicyclic) bond motifs is 6. The zero-order chi connectivity index (χ0) is 38.6. The van der Waals surface area contributed by atoms with Crippen molar-refractivity contribution >= 4 is 43.6 Å². The summed E-state index contributed by atoms with van der Waals surface area (Å²) in [4.78, 5) is 0. The number of hydrogen-bond donors (Lipinski definition) is 0. The molecule has 0 saturated heterocycles. The average Bonchev–Trinajstić information content (AvgIpc) is 3.78. The van der Waals surface area contributed by atoms with E-state index < -0.39 is 0 Å². The average molecular weight is 726 g/mol. The molecule has 5 nitrogen and oxygen atoms in total. The van der Waals surface area contributed by atoms with Gasteiger partial charge in [0.1, 0.15) is 0 Å². The predicted molar refractivity (Wildman–Crippen MR) is 230 cm³/mol. The van der Waals surface area contributed by atoms with Gasteiger partial charge in [0.05, 0.1) is 68.3 Å². The van der Waals surface area contributed by atoms with Crippen molar-refractivity contribution in [2.24, 2.45) is 0 Å². The molecule has 8 aromatic carbocycles. The van der Waals surface area contributed by atoms with Crippen LogP contribution in [0.15, 0.2) is 170 Å². The summed E-state index contributed by atoms with van der Waals surface area (Å²) in [5, 5.41) is 34.5. The van der Waals surface area contributed by atoms with Crippen LogP contribution in [0.4, 0.5) is 0 Å². The molecule has 10 rings (SSSR count). The Morgan fingerprint density at radius 3 is 1.44 bits per heavy atom. The lowest BCUT2D eigenvalue weighted by Crippen LogP contribution is -2.02. The van der Waals surface area contributed by atoms with Crippen molar-refractivity contribution in [2.45, 2.75) is 6.92 Å². The lowest BCUT2D eigenvalue weighted by Gasteiger charge is -2.19. The minimum absolute atomic E-state index is 0.569. The summed E-state index contributed by atoms with van der Waals surface area (Å²) in [5.41, 5.74) is 14.8. The van der Waals surface area contributed by atoms with Gasteiger partial charge >= 0.3 is 0 Å². The predicted octanol–water partition coefficient (Wildman–Crippen LogP) is 12.8. The van der Waals surface area contributed by atoms with E-state index >= 15 is 0 Å². The first-order chi connectivity index (χ1) is 28.1. The second-order valence-corrected chi connectivity index (χ2v) is 14.3. The molecule has 2 heterocycles. The first-order valence-electron chi connectivity index (χ1n) is 18.8. The van der Waals surface area contributed by atoms with E-state index in [4.69, 9.17) is 0 Å². The molecule has 0 bridgehead atoms. The fourth-order valence-electron chi connectivity index (χ4n) is 8.54. The van der Waals surface area contributed by atoms with Gasteiger partial charge in [-0.05, 0) is 108 Å². The van der Waals surface area contributed by atoms with Gasteiger partial charge in [-0.2, -0.15) is 15.8 Å². The molecular formula is C52H31N5. The number of rotatable bonds is 5. The van der Waals surface area contributed by atoms with E-state index in [1.165, 1.54) is 0 Å². The van der Waals surface area contributed by atoms with Gasteiger partial charge < -0.3 is 9.13 Å². The SMILES string of the molecule is Cc1ccc(-c2cc(C#N)ccc2-n2c3ccccc3c3cc(-c4ccccc4C#N)ccc32)c(-n2c3ccccc3c3cc(-c4ccccc4C#N)ccc32)c1.